The molecule has 0 saturated carbocycles. The molecule has 0 radical (unpaired) electrons. The summed E-state index contributed by atoms with van der Waals surface area (Å²) in [6.45, 7) is 2.17. The predicted molar refractivity (Wildman–Crippen MR) is 113 cm³/mol. The molecule has 3 aromatic carbocycles. The minimum Gasteiger partial charge on any atom is -0.236 e. The van der Waals surface area contributed by atoms with Gasteiger partial charge in [-0.05, 0) is 36.8 Å². The molecule has 2 heterocycles. The third-order valence-corrected chi connectivity index (χ3v) is 6.30. The van der Waals surface area contributed by atoms with Crippen LogP contribution in [0.2, 0.25) is 0 Å². The van der Waals surface area contributed by atoms with Crippen molar-refractivity contribution in [2.75, 3.05) is 0 Å². The first-order valence-corrected chi connectivity index (χ1v) is 9.85. The van der Waals surface area contributed by atoms with Gasteiger partial charge < -0.3 is 0 Å². The van der Waals surface area contributed by atoms with Crippen molar-refractivity contribution in [3.05, 3.63) is 72.3 Å². The van der Waals surface area contributed by atoms with Gasteiger partial charge in [0.15, 0.2) is 11.0 Å². The summed E-state index contributed by atoms with van der Waals surface area (Å²) in [7, 11) is 4.28. The van der Waals surface area contributed by atoms with Crippen LogP contribution in [-0.2, 0) is 14.1 Å². The van der Waals surface area contributed by atoms with E-state index in [4.69, 9.17) is 4.98 Å². The van der Waals surface area contributed by atoms with Crippen LogP contribution in [0.15, 0.2) is 66.7 Å². The molecule has 0 aliphatic rings. The lowest BCUT2D eigenvalue weighted by Gasteiger charge is -2.03. The van der Waals surface area contributed by atoms with Gasteiger partial charge in [0.2, 0.25) is 0 Å². The van der Waals surface area contributed by atoms with Gasteiger partial charge in [0.25, 0.3) is 5.82 Å². The van der Waals surface area contributed by atoms with Crippen LogP contribution in [0.5, 0.6) is 0 Å². The summed E-state index contributed by atoms with van der Waals surface area (Å²) >= 11 is 1.76. The maximum absolute atomic E-state index is 4.87. The van der Waals surface area contributed by atoms with Gasteiger partial charge in [0.1, 0.15) is 5.01 Å². The molecule has 0 aliphatic heterocycles. The predicted octanol–water partition coefficient (Wildman–Crippen LogP) is 5.25. The number of aromatic nitrogens is 3. The molecule has 0 amide bonds. The standard InChI is InChI=1S/C23H20N3S/c1-15-13-18-21(27-22(24-18)16-9-5-4-6-10-16)14-17(15)23-25(2)19-11-7-8-12-20(19)26(23)3/h4-14H,1-3H3/q+1. The molecule has 5 rings (SSSR count). The van der Waals surface area contributed by atoms with Crippen LogP contribution in [0.1, 0.15) is 5.56 Å². The van der Waals surface area contributed by atoms with Gasteiger partial charge in [-0.25, -0.2) is 14.1 Å². The lowest BCUT2D eigenvalue weighted by Crippen LogP contribution is -2.30. The molecular weight excluding hydrogens is 350 g/mol. The molecule has 0 unspecified atom stereocenters. The Balaban J connectivity index is 1.74. The number of nitrogens with zero attached hydrogens (tertiary/aromatic N) is 3. The number of imidazole rings is 1. The lowest BCUT2D eigenvalue weighted by molar-refractivity contribution is -0.634. The summed E-state index contributed by atoms with van der Waals surface area (Å²) < 4.78 is 5.78. The quantitative estimate of drug-likeness (QED) is 0.389. The summed E-state index contributed by atoms with van der Waals surface area (Å²) in [6.07, 6.45) is 0. The van der Waals surface area contributed by atoms with Crippen molar-refractivity contribution >= 4 is 32.6 Å². The number of thiazole rings is 1. The van der Waals surface area contributed by atoms with Crippen molar-refractivity contribution in [2.24, 2.45) is 14.1 Å². The summed E-state index contributed by atoms with van der Waals surface area (Å²) in [6, 6.07) is 23.5. The smallest absolute Gasteiger partial charge is 0.236 e. The van der Waals surface area contributed by atoms with Crippen LogP contribution < -0.4 is 4.57 Å². The molecule has 0 fully saturated rings. The highest BCUT2D eigenvalue weighted by Crippen LogP contribution is 2.34. The highest BCUT2D eigenvalue weighted by atomic mass is 32.1. The lowest BCUT2D eigenvalue weighted by atomic mass is 10.1. The van der Waals surface area contributed by atoms with E-state index in [1.54, 1.807) is 11.3 Å². The molecule has 0 spiro atoms. The maximum atomic E-state index is 4.87. The second kappa shape index (κ2) is 6.03. The molecule has 5 aromatic rings. The number of rotatable bonds is 2. The van der Waals surface area contributed by atoms with E-state index in [1.165, 1.54) is 38.2 Å². The average molecular weight is 371 g/mol. The second-order valence-corrected chi connectivity index (χ2v) is 7.98. The summed E-state index contributed by atoms with van der Waals surface area (Å²) in [5.74, 6) is 1.21. The molecule has 0 atom stereocenters. The summed E-state index contributed by atoms with van der Waals surface area (Å²) in [4.78, 5) is 4.87. The molecular formula is C23H20N3S+. The van der Waals surface area contributed by atoms with E-state index < -0.39 is 0 Å². The minimum absolute atomic E-state index is 1.07. The van der Waals surface area contributed by atoms with Crippen LogP contribution in [-0.4, -0.2) is 9.55 Å². The van der Waals surface area contributed by atoms with E-state index in [0.29, 0.717) is 0 Å². The normalized spacial score (nSPS) is 11.5. The van der Waals surface area contributed by atoms with Gasteiger partial charge in [-0.3, -0.25) is 0 Å². The van der Waals surface area contributed by atoms with Crippen LogP contribution in [0.4, 0.5) is 0 Å². The zero-order valence-electron chi connectivity index (χ0n) is 15.6. The third kappa shape index (κ3) is 2.48. The van der Waals surface area contributed by atoms with Crippen molar-refractivity contribution in [1.29, 1.82) is 0 Å². The van der Waals surface area contributed by atoms with Crippen molar-refractivity contribution in [3.8, 4) is 22.0 Å². The van der Waals surface area contributed by atoms with E-state index >= 15 is 0 Å². The van der Waals surface area contributed by atoms with Gasteiger partial charge in [-0.1, -0.05) is 42.5 Å². The fourth-order valence-electron chi connectivity index (χ4n) is 3.87. The highest BCUT2D eigenvalue weighted by Gasteiger charge is 2.23. The Morgan fingerprint density at radius 1 is 0.963 bits per heavy atom. The van der Waals surface area contributed by atoms with Crippen LogP contribution in [0, 0.1) is 6.92 Å². The van der Waals surface area contributed by atoms with Crippen molar-refractivity contribution in [2.45, 2.75) is 6.92 Å². The van der Waals surface area contributed by atoms with Gasteiger partial charge >= 0.3 is 0 Å². The van der Waals surface area contributed by atoms with Gasteiger partial charge in [-0.15, -0.1) is 11.3 Å². The van der Waals surface area contributed by atoms with Crippen LogP contribution >= 0.6 is 11.3 Å². The highest BCUT2D eigenvalue weighted by molar-refractivity contribution is 7.21. The molecule has 4 heteroatoms. The van der Waals surface area contributed by atoms with Crippen molar-refractivity contribution in [1.82, 2.24) is 9.55 Å². The first kappa shape index (κ1) is 16.2. The van der Waals surface area contributed by atoms with E-state index in [0.717, 1.165) is 10.5 Å². The molecule has 0 aliphatic carbocycles. The number of hydrogen-bond donors (Lipinski definition) is 0. The number of aryl methyl sites for hydroxylation is 3. The van der Waals surface area contributed by atoms with Crippen molar-refractivity contribution in [3.63, 3.8) is 0 Å². The Labute approximate surface area is 162 Å². The van der Waals surface area contributed by atoms with Gasteiger partial charge in [0.05, 0.1) is 29.9 Å². The SMILES string of the molecule is Cc1cc2nc(-c3ccccc3)sc2cc1-c1n(C)c2ccccc2[n+]1C. The Kier molecular flexibility index (Phi) is 3.62. The van der Waals surface area contributed by atoms with Gasteiger partial charge in [-0.2, -0.15) is 0 Å². The Hall–Kier alpha value is -2.98. The third-order valence-electron chi connectivity index (χ3n) is 5.24. The van der Waals surface area contributed by atoms with Crippen LogP contribution in [0.3, 0.4) is 0 Å². The van der Waals surface area contributed by atoms with E-state index in [-0.39, 0.29) is 0 Å². The Morgan fingerprint density at radius 3 is 2.48 bits per heavy atom. The topological polar surface area (TPSA) is 21.7 Å². The monoisotopic (exact) mass is 370 g/mol. The largest absolute Gasteiger partial charge is 0.289 e. The number of fused-ring (bicyclic) bond motifs is 2. The summed E-state index contributed by atoms with van der Waals surface area (Å²) in [5.41, 5.74) is 7.23. The first-order valence-electron chi connectivity index (χ1n) is 9.04. The number of hydrogen-bond acceptors (Lipinski definition) is 2. The average Bonchev–Trinajstić information content (AvgIpc) is 3.21. The first-order chi connectivity index (χ1) is 13.1. The van der Waals surface area contributed by atoms with E-state index in [9.17, 15) is 0 Å². The zero-order chi connectivity index (χ0) is 18.5. The maximum Gasteiger partial charge on any atom is 0.289 e. The molecule has 2 aromatic heterocycles. The van der Waals surface area contributed by atoms with Gasteiger partial charge in [0, 0.05) is 5.56 Å². The molecule has 0 bridgehead atoms. The van der Waals surface area contributed by atoms with Crippen molar-refractivity contribution < 1.29 is 4.57 Å². The molecule has 3 nitrogen and oxygen atoms in total. The van der Waals surface area contributed by atoms with E-state index in [1.807, 2.05) is 6.07 Å². The summed E-state index contributed by atoms with van der Waals surface area (Å²) in [5, 5.41) is 1.07. The Bertz CT molecular complexity index is 1260. The number of para-hydroxylation sites is 2. The second-order valence-electron chi connectivity index (χ2n) is 6.95. The van der Waals surface area contributed by atoms with E-state index in [2.05, 4.69) is 90.8 Å². The zero-order valence-corrected chi connectivity index (χ0v) is 16.4. The molecule has 0 saturated heterocycles. The van der Waals surface area contributed by atoms with Crippen LogP contribution in [0.25, 0.3) is 43.2 Å². The molecule has 27 heavy (non-hydrogen) atoms. The molecule has 0 N–H and O–H groups in total. The molecule has 132 valence electrons. The fraction of sp³-hybridized carbons (Fsp3) is 0.130. The Morgan fingerprint density at radius 2 is 1.70 bits per heavy atom. The number of benzene rings is 3. The fourth-order valence-corrected chi connectivity index (χ4v) is 4.86. The minimum atomic E-state index is 1.07.